The molecule has 0 aromatic heterocycles. The third kappa shape index (κ3) is 5.05. The minimum absolute atomic E-state index is 0.00408. The molecular formula is C20H30N2O3. The number of carbonyl (C=O) groups excluding carboxylic acids is 1. The summed E-state index contributed by atoms with van der Waals surface area (Å²) >= 11 is 0. The summed E-state index contributed by atoms with van der Waals surface area (Å²) in [4.78, 5) is 28.3. The molecule has 1 heterocycles. The molecule has 0 unspecified atom stereocenters. The summed E-state index contributed by atoms with van der Waals surface area (Å²) in [5.74, 6) is 0.146. The largest absolute Gasteiger partial charge is 0.480 e. The Kier molecular flexibility index (Phi) is 6.59. The van der Waals surface area contributed by atoms with E-state index in [9.17, 15) is 14.7 Å². The number of carboxylic acid groups (broad SMARTS) is 1. The average Bonchev–Trinajstić information content (AvgIpc) is 2.54. The van der Waals surface area contributed by atoms with Gasteiger partial charge in [0.2, 0.25) is 0 Å². The van der Waals surface area contributed by atoms with Crippen molar-refractivity contribution >= 4 is 11.9 Å². The maximum atomic E-state index is 12.8. The average molecular weight is 346 g/mol. The van der Waals surface area contributed by atoms with Gasteiger partial charge in [-0.25, -0.2) is 0 Å². The highest BCUT2D eigenvalue weighted by atomic mass is 16.4. The zero-order chi connectivity index (χ0) is 18.6. The van der Waals surface area contributed by atoms with Crippen molar-refractivity contribution in [3.63, 3.8) is 0 Å². The first-order valence-corrected chi connectivity index (χ1v) is 9.12. The normalized spacial score (nSPS) is 17.1. The van der Waals surface area contributed by atoms with Crippen LogP contribution in [-0.2, 0) is 4.79 Å². The number of likely N-dealkylation sites (N-methyl/N-ethyl adjacent to an activating group) is 1. The second kappa shape index (κ2) is 8.48. The molecule has 1 aromatic carbocycles. The van der Waals surface area contributed by atoms with Crippen LogP contribution in [0.4, 0.5) is 0 Å². The summed E-state index contributed by atoms with van der Waals surface area (Å²) in [7, 11) is 1.82. The van der Waals surface area contributed by atoms with E-state index in [1.54, 1.807) is 24.3 Å². The van der Waals surface area contributed by atoms with E-state index in [2.05, 4.69) is 20.8 Å². The lowest BCUT2D eigenvalue weighted by atomic mass is 9.97. The van der Waals surface area contributed by atoms with Gasteiger partial charge in [0.1, 0.15) is 6.04 Å². The van der Waals surface area contributed by atoms with Crippen LogP contribution in [0.15, 0.2) is 24.3 Å². The lowest BCUT2D eigenvalue weighted by molar-refractivity contribution is -0.143. The number of carboxylic acids is 1. The van der Waals surface area contributed by atoms with Crippen LogP contribution in [0.2, 0.25) is 0 Å². The molecule has 1 atom stereocenters. The van der Waals surface area contributed by atoms with Crippen molar-refractivity contribution in [3.8, 4) is 0 Å². The van der Waals surface area contributed by atoms with Gasteiger partial charge in [-0.3, -0.25) is 14.5 Å². The van der Waals surface area contributed by atoms with Crippen molar-refractivity contribution in [2.75, 3.05) is 26.7 Å². The number of likely N-dealkylation sites (tertiary alicyclic amines) is 1. The van der Waals surface area contributed by atoms with Crippen LogP contribution in [0.25, 0.3) is 0 Å². The van der Waals surface area contributed by atoms with Crippen LogP contribution in [0.3, 0.4) is 0 Å². The van der Waals surface area contributed by atoms with Crippen LogP contribution >= 0.6 is 0 Å². The zero-order valence-electron chi connectivity index (χ0n) is 15.7. The molecule has 1 aromatic rings. The van der Waals surface area contributed by atoms with Crippen molar-refractivity contribution in [2.45, 2.75) is 39.7 Å². The van der Waals surface area contributed by atoms with E-state index in [0.717, 1.165) is 25.9 Å². The predicted octanol–water partition coefficient (Wildman–Crippen LogP) is 3.27. The molecule has 5 nitrogen and oxygen atoms in total. The molecule has 0 bridgehead atoms. The van der Waals surface area contributed by atoms with Gasteiger partial charge in [-0.05, 0) is 49.4 Å². The fourth-order valence-corrected chi connectivity index (χ4v) is 3.50. The summed E-state index contributed by atoms with van der Waals surface area (Å²) in [6.07, 6.45) is 2.06. The maximum absolute atomic E-state index is 12.8. The number of piperidine rings is 1. The number of nitrogens with zero attached hydrogens (tertiary/aromatic N) is 2. The molecule has 1 aliphatic heterocycles. The first-order chi connectivity index (χ1) is 11.8. The zero-order valence-corrected chi connectivity index (χ0v) is 15.7. The van der Waals surface area contributed by atoms with E-state index in [-0.39, 0.29) is 5.91 Å². The molecule has 1 aliphatic rings. The second-order valence-corrected chi connectivity index (χ2v) is 7.67. The Balaban J connectivity index is 2.21. The van der Waals surface area contributed by atoms with E-state index in [4.69, 9.17) is 0 Å². The van der Waals surface area contributed by atoms with Gasteiger partial charge in [0.15, 0.2) is 0 Å². The SMILES string of the molecule is CC(C)CN(C)[C@H](C(=O)O)c1cccc(C(=O)N2CCC(C)CC2)c1. The number of carbonyl (C=O) groups is 2. The molecule has 1 amide bonds. The summed E-state index contributed by atoms with van der Waals surface area (Å²) in [6.45, 7) is 8.57. The fourth-order valence-electron chi connectivity index (χ4n) is 3.50. The van der Waals surface area contributed by atoms with Gasteiger partial charge in [-0.1, -0.05) is 32.9 Å². The highest BCUT2D eigenvalue weighted by Gasteiger charge is 2.27. The number of hydrogen-bond donors (Lipinski definition) is 1. The molecule has 1 fully saturated rings. The highest BCUT2D eigenvalue weighted by Crippen LogP contribution is 2.24. The van der Waals surface area contributed by atoms with E-state index in [1.807, 2.05) is 16.8 Å². The molecular weight excluding hydrogens is 316 g/mol. The molecule has 25 heavy (non-hydrogen) atoms. The van der Waals surface area contributed by atoms with E-state index >= 15 is 0 Å². The number of hydrogen-bond acceptors (Lipinski definition) is 3. The summed E-state index contributed by atoms with van der Waals surface area (Å²) in [5, 5.41) is 9.68. The Hall–Kier alpha value is -1.88. The van der Waals surface area contributed by atoms with Crippen molar-refractivity contribution in [1.82, 2.24) is 9.80 Å². The first kappa shape index (κ1) is 19.4. The molecule has 0 radical (unpaired) electrons. The van der Waals surface area contributed by atoms with Crippen molar-refractivity contribution in [2.24, 2.45) is 11.8 Å². The monoisotopic (exact) mass is 346 g/mol. The second-order valence-electron chi connectivity index (χ2n) is 7.67. The molecule has 0 saturated carbocycles. The van der Waals surface area contributed by atoms with E-state index < -0.39 is 12.0 Å². The van der Waals surface area contributed by atoms with Gasteiger partial charge in [-0.2, -0.15) is 0 Å². The van der Waals surface area contributed by atoms with Crippen LogP contribution in [0.5, 0.6) is 0 Å². The molecule has 2 rings (SSSR count). The Labute approximate surface area is 150 Å². The van der Waals surface area contributed by atoms with Gasteiger partial charge in [0.05, 0.1) is 0 Å². The van der Waals surface area contributed by atoms with Crippen molar-refractivity contribution < 1.29 is 14.7 Å². The maximum Gasteiger partial charge on any atom is 0.325 e. The van der Waals surface area contributed by atoms with Crippen molar-refractivity contribution in [3.05, 3.63) is 35.4 Å². The van der Waals surface area contributed by atoms with Gasteiger partial charge in [0, 0.05) is 25.2 Å². The Bertz CT molecular complexity index is 607. The lowest BCUT2D eigenvalue weighted by Crippen LogP contribution is -2.38. The quantitative estimate of drug-likeness (QED) is 0.859. The molecule has 1 saturated heterocycles. The molecule has 5 heteroatoms. The number of aliphatic carboxylic acids is 1. The number of amides is 1. The molecule has 0 aliphatic carbocycles. The summed E-state index contributed by atoms with van der Waals surface area (Å²) in [5.41, 5.74) is 1.24. The topological polar surface area (TPSA) is 60.9 Å². The fraction of sp³-hybridized carbons (Fsp3) is 0.600. The third-order valence-electron chi connectivity index (χ3n) is 4.85. The van der Waals surface area contributed by atoms with Crippen LogP contribution in [0, 0.1) is 11.8 Å². The lowest BCUT2D eigenvalue weighted by Gasteiger charge is -2.31. The minimum atomic E-state index is -0.889. The Morgan fingerprint density at radius 2 is 1.92 bits per heavy atom. The summed E-state index contributed by atoms with van der Waals surface area (Å²) in [6, 6.07) is 6.37. The van der Waals surface area contributed by atoms with Gasteiger partial charge in [0.25, 0.3) is 5.91 Å². The Morgan fingerprint density at radius 1 is 1.28 bits per heavy atom. The highest BCUT2D eigenvalue weighted by molar-refractivity contribution is 5.94. The number of benzene rings is 1. The van der Waals surface area contributed by atoms with Crippen LogP contribution < -0.4 is 0 Å². The number of rotatable bonds is 6. The molecule has 138 valence electrons. The van der Waals surface area contributed by atoms with E-state index in [0.29, 0.717) is 29.5 Å². The van der Waals surface area contributed by atoms with Gasteiger partial charge in [-0.15, -0.1) is 0 Å². The van der Waals surface area contributed by atoms with E-state index in [1.165, 1.54) is 0 Å². The van der Waals surface area contributed by atoms with Crippen molar-refractivity contribution in [1.29, 1.82) is 0 Å². The van der Waals surface area contributed by atoms with Gasteiger partial charge < -0.3 is 10.0 Å². The Morgan fingerprint density at radius 3 is 2.48 bits per heavy atom. The molecule has 1 N–H and O–H groups in total. The standard InChI is InChI=1S/C20H30N2O3/c1-14(2)13-21(4)18(20(24)25)16-6-5-7-17(12-16)19(23)22-10-8-15(3)9-11-22/h5-7,12,14-15,18H,8-11,13H2,1-4H3,(H,24,25)/t18-/m0/s1. The van der Waals surface area contributed by atoms with Crippen LogP contribution in [-0.4, -0.2) is 53.5 Å². The first-order valence-electron chi connectivity index (χ1n) is 9.12. The van der Waals surface area contributed by atoms with Gasteiger partial charge >= 0.3 is 5.97 Å². The van der Waals surface area contributed by atoms with Crippen LogP contribution in [0.1, 0.15) is 55.6 Å². The minimum Gasteiger partial charge on any atom is -0.480 e. The molecule has 0 spiro atoms. The third-order valence-corrected chi connectivity index (χ3v) is 4.85. The summed E-state index contributed by atoms with van der Waals surface area (Å²) < 4.78 is 0. The predicted molar refractivity (Wildman–Crippen MR) is 98.6 cm³/mol. The smallest absolute Gasteiger partial charge is 0.325 e.